The molecule has 0 aliphatic carbocycles. The zero-order valence-corrected chi connectivity index (χ0v) is 20.4. The summed E-state index contributed by atoms with van der Waals surface area (Å²) in [6.45, 7) is 9.94. The average Bonchev–Trinajstić information content (AvgIpc) is 2.76. The standard InChI is InChI=1S/C25H35NO5S/c1-6-31-24(28)21-9-7-19(8-10-21)15-16-25(4,5)26-17-23(27)20-11-13-22(14-12-20)32(29,30)18(2)3/h7-14,18,23,26-27H,6,15-17H2,1-5H3. The minimum absolute atomic E-state index is 0.221. The molecule has 0 aliphatic heterocycles. The molecule has 0 saturated heterocycles. The Bertz CT molecular complexity index is 980. The van der Waals surface area contributed by atoms with Gasteiger partial charge in [0.1, 0.15) is 0 Å². The minimum atomic E-state index is -3.32. The van der Waals surface area contributed by atoms with Gasteiger partial charge in [-0.1, -0.05) is 24.3 Å². The fourth-order valence-electron chi connectivity index (χ4n) is 3.21. The van der Waals surface area contributed by atoms with Crippen LogP contribution in [0.2, 0.25) is 0 Å². The summed E-state index contributed by atoms with van der Waals surface area (Å²) in [5.74, 6) is -0.315. The number of benzene rings is 2. The number of ether oxygens (including phenoxy) is 1. The largest absolute Gasteiger partial charge is 0.462 e. The normalized spacial score (nSPS) is 13.2. The van der Waals surface area contributed by atoms with Crippen LogP contribution >= 0.6 is 0 Å². The number of rotatable bonds is 11. The summed E-state index contributed by atoms with van der Waals surface area (Å²) >= 11 is 0. The van der Waals surface area contributed by atoms with Crippen LogP contribution in [0.25, 0.3) is 0 Å². The van der Waals surface area contributed by atoms with Gasteiger partial charge in [-0.15, -0.1) is 0 Å². The fraction of sp³-hybridized carbons (Fsp3) is 0.480. The molecule has 0 radical (unpaired) electrons. The number of sulfone groups is 1. The summed E-state index contributed by atoms with van der Waals surface area (Å²) in [4.78, 5) is 12.0. The van der Waals surface area contributed by atoms with Crippen molar-refractivity contribution in [2.75, 3.05) is 13.2 Å². The van der Waals surface area contributed by atoms with Gasteiger partial charge in [0.25, 0.3) is 0 Å². The molecule has 2 aromatic rings. The first-order valence-electron chi connectivity index (χ1n) is 11.0. The molecule has 7 heteroatoms. The van der Waals surface area contributed by atoms with Crippen LogP contribution in [0.3, 0.4) is 0 Å². The molecule has 0 heterocycles. The van der Waals surface area contributed by atoms with E-state index in [4.69, 9.17) is 4.74 Å². The van der Waals surface area contributed by atoms with Crippen molar-refractivity contribution in [3.63, 3.8) is 0 Å². The molecule has 2 aromatic carbocycles. The fourth-order valence-corrected chi connectivity index (χ4v) is 4.27. The van der Waals surface area contributed by atoms with Gasteiger partial charge >= 0.3 is 5.97 Å². The van der Waals surface area contributed by atoms with Crippen LogP contribution in [0.5, 0.6) is 0 Å². The molecule has 0 bridgehead atoms. The van der Waals surface area contributed by atoms with Crippen LogP contribution in [-0.4, -0.2) is 43.4 Å². The highest BCUT2D eigenvalue weighted by Crippen LogP contribution is 2.21. The number of nitrogens with one attached hydrogen (secondary N) is 1. The molecule has 32 heavy (non-hydrogen) atoms. The third-order valence-electron chi connectivity index (χ3n) is 5.49. The van der Waals surface area contributed by atoms with Crippen molar-refractivity contribution in [1.29, 1.82) is 0 Å². The van der Waals surface area contributed by atoms with Crippen LogP contribution in [-0.2, 0) is 21.0 Å². The Kier molecular flexibility index (Phi) is 9.01. The van der Waals surface area contributed by atoms with Gasteiger partial charge in [0, 0.05) is 12.1 Å². The van der Waals surface area contributed by atoms with Crippen molar-refractivity contribution in [2.24, 2.45) is 0 Å². The van der Waals surface area contributed by atoms with Crippen molar-refractivity contribution in [3.8, 4) is 0 Å². The maximum absolute atomic E-state index is 12.2. The number of esters is 1. The van der Waals surface area contributed by atoms with Crippen molar-refractivity contribution >= 4 is 15.8 Å². The number of hydrogen-bond acceptors (Lipinski definition) is 6. The predicted molar refractivity (Wildman–Crippen MR) is 127 cm³/mol. The summed E-state index contributed by atoms with van der Waals surface area (Å²) in [5.41, 5.74) is 2.12. The van der Waals surface area contributed by atoms with Gasteiger partial charge in [-0.2, -0.15) is 0 Å². The van der Waals surface area contributed by atoms with E-state index in [0.717, 1.165) is 18.4 Å². The van der Waals surface area contributed by atoms with Gasteiger partial charge in [-0.05, 0) is 82.9 Å². The van der Waals surface area contributed by atoms with Crippen LogP contribution in [0.15, 0.2) is 53.4 Å². The second-order valence-electron chi connectivity index (χ2n) is 8.86. The van der Waals surface area contributed by atoms with E-state index in [0.29, 0.717) is 24.3 Å². The summed E-state index contributed by atoms with van der Waals surface area (Å²) in [5, 5.41) is 13.5. The molecule has 0 saturated carbocycles. The maximum atomic E-state index is 12.2. The van der Waals surface area contributed by atoms with Gasteiger partial charge in [0.2, 0.25) is 0 Å². The van der Waals surface area contributed by atoms with Gasteiger partial charge in [-0.3, -0.25) is 0 Å². The Morgan fingerprint density at radius 1 is 1.06 bits per heavy atom. The molecular formula is C25H35NO5S. The van der Waals surface area contributed by atoms with E-state index in [1.807, 2.05) is 12.1 Å². The SMILES string of the molecule is CCOC(=O)c1ccc(CCC(C)(C)NCC(O)c2ccc(S(=O)(=O)C(C)C)cc2)cc1. The van der Waals surface area contributed by atoms with Gasteiger partial charge in [0.15, 0.2) is 9.84 Å². The molecule has 0 fully saturated rings. The van der Waals surface area contributed by atoms with E-state index in [-0.39, 0.29) is 16.4 Å². The summed E-state index contributed by atoms with van der Waals surface area (Å²) in [6.07, 6.45) is 0.916. The van der Waals surface area contributed by atoms with E-state index < -0.39 is 21.2 Å². The third kappa shape index (κ3) is 7.15. The van der Waals surface area contributed by atoms with Crippen LogP contribution in [0, 0.1) is 0 Å². The van der Waals surface area contributed by atoms with E-state index >= 15 is 0 Å². The Labute approximate surface area is 191 Å². The number of aliphatic hydroxyl groups is 1. The lowest BCUT2D eigenvalue weighted by Crippen LogP contribution is -2.42. The molecule has 1 atom stereocenters. The molecule has 0 amide bonds. The second-order valence-corrected chi connectivity index (χ2v) is 11.4. The summed E-state index contributed by atoms with van der Waals surface area (Å²) in [6, 6.07) is 13.9. The summed E-state index contributed by atoms with van der Waals surface area (Å²) in [7, 11) is -3.32. The molecule has 0 spiro atoms. The van der Waals surface area contributed by atoms with E-state index in [1.54, 1.807) is 57.2 Å². The van der Waals surface area contributed by atoms with Crippen molar-refractivity contribution < 1.29 is 23.1 Å². The smallest absolute Gasteiger partial charge is 0.338 e. The quantitative estimate of drug-likeness (QED) is 0.490. The van der Waals surface area contributed by atoms with Crippen molar-refractivity contribution in [3.05, 3.63) is 65.2 Å². The molecule has 1 unspecified atom stereocenters. The zero-order chi connectivity index (χ0) is 23.9. The lowest BCUT2D eigenvalue weighted by atomic mass is 9.94. The van der Waals surface area contributed by atoms with Gasteiger partial charge in [-0.25, -0.2) is 13.2 Å². The maximum Gasteiger partial charge on any atom is 0.338 e. The minimum Gasteiger partial charge on any atom is -0.462 e. The third-order valence-corrected chi connectivity index (χ3v) is 7.66. The van der Waals surface area contributed by atoms with E-state index in [9.17, 15) is 18.3 Å². The first-order valence-corrected chi connectivity index (χ1v) is 12.5. The topological polar surface area (TPSA) is 92.7 Å². The Morgan fingerprint density at radius 3 is 2.19 bits per heavy atom. The van der Waals surface area contributed by atoms with Crippen LogP contribution in [0.4, 0.5) is 0 Å². The number of β-amino-alcohol motifs (C(OH)–C–C–N with tert-alkyl or cyclic N) is 1. The predicted octanol–water partition coefficient (Wildman–Crippen LogP) is 4.08. The average molecular weight is 462 g/mol. The van der Waals surface area contributed by atoms with E-state index in [1.165, 1.54) is 0 Å². The molecule has 0 aliphatic rings. The molecular weight excluding hydrogens is 426 g/mol. The monoisotopic (exact) mass is 461 g/mol. The van der Waals surface area contributed by atoms with Crippen molar-refractivity contribution in [2.45, 2.75) is 69.2 Å². The van der Waals surface area contributed by atoms with Crippen LogP contribution in [0.1, 0.15) is 68.6 Å². The Balaban J connectivity index is 1.89. The zero-order valence-electron chi connectivity index (χ0n) is 19.6. The first kappa shape index (κ1) is 26.0. The second kappa shape index (κ2) is 11.1. The Hall–Kier alpha value is -2.22. The Morgan fingerprint density at radius 2 is 1.66 bits per heavy atom. The van der Waals surface area contributed by atoms with Gasteiger partial charge < -0.3 is 15.2 Å². The highest BCUT2D eigenvalue weighted by atomic mass is 32.2. The first-order chi connectivity index (χ1) is 15.0. The van der Waals surface area contributed by atoms with Crippen LogP contribution < -0.4 is 5.32 Å². The lowest BCUT2D eigenvalue weighted by molar-refractivity contribution is 0.0526. The number of aryl methyl sites for hydroxylation is 1. The molecule has 176 valence electrons. The van der Waals surface area contributed by atoms with Gasteiger partial charge in [0.05, 0.1) is 28.4 Å². The number of hydrogen-bond donors (Lipinski definition) is 2. The molecule has 6 nitrogen and oxygen atoms in total. The number of carbonyl (C=O) groups excluding carboxylic acids is 1. The highest BCUT2D eigenvalue weighted by Gasteiger charge is 2.21. The molecule has 0 aromatic heterocycles. The highest BCUT2D eigenvalue weighted by molar-refractivity contribution is 7.92. The summed E-state index contributed by atoms with van der Waals surface area (Å²) < 4.78 is 29.5. The molecule has 2 N–H and O–H groups in total. The van der Waals surface area contributed by atoms with E-state index in [2.05, 4.69) is 19.2 Å². The lowest BCUT2D eigenvalue weighted by Gasteiger charge is -2.28. The number of carbonyl (C=O) groups is 1. The molecule has 2 rings (SSSR count). The van der Waals surface area contributed by atoms with Crippen molar-refractivity contribution in [1.82, 2.24) is 5.32 Å². The number of aliphatic hydroxyl groups excluding tert-OH is 1.